The van der Waals surface area contributed by atoms with E-state index in [-0.39, 0.29) is 0 Å². The van der Waals surface area contributed by atoms with Gasteiger partial charge in [0, 0.05) is 44.2 Å². The molecule has 0 N–H and O–H groups in total. The summed E-state index contributed by atoms with van der Waals surface area (Å²) in [5, 5.41) is 4.55. The Balaban J connectivity index is 1.13. The van der Waals surface area contributed by atoms with Crippen molar-refractivity contribution in [2.45, 2.75) is 0 Å². The summed E-state index contributed by atoms with van der Waals surface area (Å²) in [6.07, 6.45) is 0. The number of rotatable bonds is 6. The molecule has 0 bridgehead atoms. The number of benzene rings is 8. The Morgan fingerprint density at radius 1 is 0.412 bits per heavy atom. The van der Waals surface area contributed by atoms with Gasteiger partial charge in [-0.2, -0.15) is 0 Å². The number of hydrogen-bond acceptors (Lipinski definition) is 4. The number of anilines is 3. The molecule has 0 radical (unpaired) electrons. The molecule has 0 aliphatic carbocycles. The van der Waals surface area contributed by atoms with Gasteiger partial charge in [-0.1, -0.05) is 121 Å². The second-order valence-electron chi connectivity index (χ2n) is 12.7. The average molecular weight is 655 g/mol. The van der Waals surface area contributed by atoms with Gasteiger partial charge in [0.25, 0.3) is 0 Å². The van der Waals surface area contributed by atoms with Gasteiger partial charge in [0.2, 0.25) is 5.89 Å². The summed E-state index contributed by atoms with van der Waals surface area (Å²) in [6, 6.07) is 63.3. The summed E-state index contributed by atoms with van der Waals surface area (Å²) in [5.41, 5.74) is 11.7. The van der Waals surface area contributed by atoms with Crippen molar-refractivity contribution < 1.29 is 8.83 Å². The highest BCUT2D eigenvalue weighted by molar-refractivity contribution is 6.08. The molecular formula is C47H30N2O2. The van der Waals surface area contributed by atoms with Crippen LogP contribution in [0.2, 0.25) is 0 Å². The van der Waals surface area contributed by atoms with Crippen LogP contribution < -0.4 is 4.90 Å². The quantitative estimate of drug-likeness (QED) is 0.179. The van der Waals surface area contributed by atoms with Crippen LogP contribution in [0, 0.1) is 0 Å². The zero-order chi connectivity index (χ0) is 33.7. The van der Waals surface area contributed by atoms with Crippen molar-refractivity contribution in [1.82, 2.24) is 4.98 Å². The van der Waals surface area contributed by atoms with Crippen LogP contribution in [0.15, 0.2) is 191 Å². The molecule has 0 aliphatic heterocycles. The van der Waals surface area contributed by atoms with E-state index in [9.17, 15) is 0 Å². The van der Waals surface area contributed by atoms with Gasteiger partial charge >= 0.3 is 0 Å². The first kappa shape index (κ1) is 29.0. The topological polar surface area (TPSA) is 42.4 Å². The van der Waals surface area contributed by atoms with Gasteiger partial charge < -0.3 is 13.7 Å². The SMILES string of the molecule is c1ccc(-c2nc3c(-c4ccccc4)ccc(-c4ccc(N(c5ccc6oc7ccccc7c6c5)c5cccc6ccccc56)cc4)c3o2)cc1. The van der Waals surface area contributed by atoms with E-state index in [0.29, 0.717) is 5.89 Å². The summed E-state index contributed by atoms with van der Waals surface area (Å²) in [7, 11) is 0. The van der Waals surface area contributed by atoms with Crippen molar-refractivity contribution in [3.63, 3.8) is 0 Å². The highest BCUT2D eigenvalue weighted by Gasteiger charge is 2.20. The molecule has 8 aromatic carbocycles. The van der Waals surface area contributed by atoms with Crippen molar-refractivity contribution in [3.05, 3.63) is 182 Å². The Labute approximate surface area is 294 Å². The zero-order valence-corrected chi connectivity index (χ0v) is 27.5. The molecule has 51 heavy (non-hydrogen) atoms. The van der Waals surface area contributed by atoms with E-state index in [1.807, 2.05) is 48.5 Å². The lowest BCUT2D eigenvalue weighted by atomic mass is 9.98. The third-order valence-electron chi connectivity index (χ3n) is 9.71. The number of hydrogen-bond donors (Lipinski definition) is 0. The maximum absolute atomic E-state index is 6.60. The fraction of sp³-hybridized carbons (Fsp3) is 0. The maximum Gasteiger partial charge on any atom is 0.227 e. The monoisotopic (exact) mass is 654 g/mol. The third kappa shape index (κ3) is 4.96. The Morgan fingerprint density at radius 3 is 1.86 bits per heavy atom. The van der Waals surface area contributed by atoms with Gasteiger partial charge in [0.15, 0.2) is 5.58 Å². The van der Waals surface area contributed by atoms with Gasteiger partial charge in [-0.15, -0.1) is 0 Å². The molecule has 0 aliphatic rings. The van der Waals surface area contributed by atoms with E-state index in [1.165, 1.54) is 10.8 Å². The number of fused-ring (bicyclic) bond motifs is 5. The van der Waals surface area contributed by atoms with E-state index in [0.717, 1.165) is 77.9 Å². The van der Waals surface area contributed by atoms with Crippen LogP contribution in [0.3, 0.4) is 0 Å². The second kappa shape index (κ2) is 11.9. The van der Waals surface area contributed by atoms with E-state index in [1.54, 1.807) is 0 Å². The summed E-state index contributed by atoms with van der Waals surface area (Å²) >= 11 is 0. The van der Waals surface area contributed by atoms with Crippen LogP contribution in [0.4, 0.5) is 17.1 Å². The summed E-state index contributed by atoms with van der Waals surface area (Å²) in [4.78, 5) is 7.40. The van der Waals surface area contributed by atoms with Crippen LogP contribution in [0.25, 0.3) is 77.5 Å². The number of oxazole rings is 1. The van der Waals surface area contributed by atoms with E-state index in [2.05, 4.69) is 138 Å². The zero-order valence-electron chi connectivity index (χ0n) is 27.5. The Hall–Kier alpha value is -6.91. The Morgan fingerprint density at radius 2 is 1.04 bits per heavy atom. The molecule has 2 aromatic heterocycles. The lowest BCUT2D eigenvalue weighted by Gasteiger charge is -2.27. The summed E-state index contributed by atoms with van der Waals surface area (Å²) in [5.74, 6) is 0.608. The first-order valence-corrected chi connectivity index (χ1v) is 17.1. The molecule has 240 valence electrons. The molecule has 10 aromatic rings. The molecule has 0 unspecified atom stereocenters. The second-order valence-corrected chi connectivity index (χ2v) is 12.7. The molecule has 4 nitrogen and oxygen atoms in total. The molecule has 0 spiro atoms. The fourth-order valence-electron chi connectivity index (χ4n) is 7.26. The minimum absolute atomic E-state index is 0.608. The van der Waals surface area contributed by atoms with Gasteiger partial charge in [0.1, 0.15) is 16.7 Å². The smallest absolute Gasteiger partial charge is 0.227 e. The molecule has 0 fully saturated rings. The third-order valence-corrected chi connectivity index (χ3v) is 9.71. The van der Waals surface area contributed by atoms with Crippen LogP contribution >= 0.6 is 0 Å². The molecule has 4 heteroatoms. The molecule has 0 saturated carbocycles. The molecule has 0 atom stereocenters. The number of aromatic nitrogens is 1. The maximum atomic E-state index is 6.60. The van der Waals surface area contributed by atoms with E-state index in [4.69, 9.17) is 13.8 Å². The van der Waals surface area contributed by atoms with Crippen molar-refractivity contribution in [2.24, 2.45) is 0 Å². The van der Waals surface area contributed by atoms with Crippen LogP contribution in [-0.2, 0) is 0 Å². The van der Waals surface area contributed by atoms with Gasteiger partial charge in [-0.3, -0.25) is 0 Å². The Bertz CT molecular complexity index is 2850. The number of furan rings is 1. The number of nitrogens with zero attached hydrogens (tertiary/aromatic N) is 2. The fourth-order valence-corrected chi connectivity index (χ4v) is 7.26. The van der Waals surface area contributed by atoms with Crippen molar-refractivity contribution in [1.29, 1.82) is 0 Å². The average Bonchev–Trinajstić information content (AvgIpc) is 3.81. The Kier molecular flexibility index (Phi) is 6.78. The molecule has 2 heterocycles. The molecule has 0 amide bonds. The van der Waals surface area contributed by atoms with Gasteiger partial charge in [-0.25, -0.2) is 4.98 Å². The molecule has 10 rings (SSSR count). The van der Waals surface area contributed by atoms with Gasteiger partial charge in [-0.05, 0) is 77.2 Å². The first-order valence-electron chi connectivity index (χ1n) is 17.1. The summed E-state index contributed by atoms with van der Waals surface area (Å²) in [6.45, 7) is 0. The molecular weight excluding hydrogens is 625 g/mol. The molecule has 0 saturated heterocycles. The predicted molar refractivity (Wildman–Crippen MR) is 210 cm³/mol. The minimum Gasteiger partial charge on any atom is -0.456 e. The standard InChI is InChI=1S/C47H30N2O2/c1-3-12-32(13-4-1)38-27-28-39(46-45(38)48-47(51-46)34-15-5-2-6-16-34)33-22-24-35(25-23-33)49(42-20-11-17-31-14-7-8-18-37(31)42)36-26-29-44-41(30-36)40-19-9-10-21-43(40)50-44/h1-30H. The lowest BCUT2D eigenvalue weighted by Crippen LogP contribution is -2.10. The van der Waals surface area contributed by atoms with Crippen LogP contribution in [0.5, 0.6) is 0 Å². The van der Waals surface area contributed by atoms with Crippen molar-refractivity contribution in [2.75, 3.05) is 4.90 Å². The van der Waals surface area contributed by atoms with Crippen LogP contribution in [-0.4, -0.2) is 4.98 Å². The van der Waals surface area contributed by atoms with Crippen LogP contribution in [0.1, 0.15) is 0 Å². The summed E-state index contributed by atoms with van der Waals surface area (Å²) < 4.78 is 12.8. The lowest BCUT2D eigenvalue weighted by molar-refractivity contribution is 0.621. The predicted octanol–water partition coefficient (Wildman–Crippen LogP) is 13.4. The van der Waals surface area contributed by atoms with Crippen molar-refractivity contribution >= 4 is 60.9 Å². The normalized spacial score (nSPS) is 11.5. The van der Waals surface area contributed by atoms with E-state index < -0.39 is 0 Å². The van der Waals surface area contributed by atoms with Gasteiger partial charge in [0.05, 0.1) is 5.69 Å². The van der Waals surface area contributed by atoms with Crippen molar-refractivity contribution in [3.8, 4) is 33.7 Å². The highest BCUT2D eigenvalue weighted by atomic mass is 16.3. The minimum atomic E-state index is 0.608. The highest BCUT2D eigenvalue weighted by Crippen LogP contribution is 2.43. The number of para-hydroxylation sites is 1. The largest absolute Gasteiger partial charge is 0.456 e. The first-order chi connectivity index (χ1) is 25.3. The van der Waals surface area contributed by atoms with E-state index >= 15 is 0 Å².